The van der Waals surface area contributed by atoms with Crippen molar-refractivity contribution in [2.75, 3.05) is 18.5 Å². The number of thiophene rings is 1. The van der Waals surface area contributed by atoms with Crippen LogP contribution in [0, 0.1) is 0 Å². The van der Waals surface area contributed by atoms with E-state index < -0.39 is 0 Å². The van der Waals surface area contributed by atoms with Gasteiger partial charge in [-0.2, -0.15) is 0 Å². The number of benzene rings is 2. The Hall–Kier alpha value is -2.63. The van der Waals surface area contributed by atoms with Crippen molar-refractivity contribution >= 4 is 22.9 Å². The van der Waals surface area contributed by atoms with Crippen LogP contribution in [0.3, 0.4) is 0 Å². The van der Waals surface area contributed by atoms with Crippen molar-refractivity contribution in [1.82, 2.24) is 5.32 Å². The average Bonchev–Trinajstić information content (AvgIpc) is 3.19. The molecular weight excluding hydrogens is 344 g/mol. The van der Waals surface area contributed by atoms with Gasteiger partial charge in [0.25, 0.3) is 0 Å². The number of hydrogen-bond donors (Lipinski definition) is 2. The van der Waals surface area contributed by atoms with Crippen LogP contribution in [0.2, 0.25) is 0 Å². The summed E-state index contributed by atoms with van der Waals surface area (Å²) in [5.41, 5.74) is 1.83. The Bertz CT molecular complexity index is 819. The van der Waals surface area contributed by atoms with Crippen LogP contribution in [-0.4, -0.2) is 19.1 Å². The lowest BCUT2D eigenvalue weighted by atomic mass is 10.1. The van der Waals surface area contributed by atoms with Crippen LogP contribution in [0.5, 0.6) is 5.75 Å². The molecule has 134 valence electrons. The van der Waals surface area contributed by atoms with E-state index in [1.165, 1.54) is 4.88 Å². The zero-order valence-corrected chi connectivity index (χ0v) is 15.5. The minimum Gasteiger partial charge on any atom is -0.492 e. The average molecular weight is 366 g/mol. The van der Waals surface area contributed by atoms with Crippen LogP contribution < -0.4 is 15.4 Å². The van der Waals surface area contributed by atoms with Gasteiger partial charge in [-0.15, -0.1) is 11.3 Å². The molecule has 0 unspecified atom stereocenters. The number of rotatable bonds is 8. The van der Waals surface area contributed by atoms with Crippen molar-refractivity contribution in [3.63, 3.8) is 0 Å². The molecule has 0 aliphatic carbocycles. The molecule has 0 bridgehead atoms. The highest BCUT2D eigenvalue weighted by Gasteiger charge is 2.16. The standard InChI is InChI=1S/C21H22N2O2S/c1-2-25-18-12-7-6-11-17(18)23-20(24)15-22-21(19-13-8-14-26-19)16-9-4-3-5-10-16/h3-14,21-22H,2,15H2,1H3,(H,23,24)/t21-/m0/s1. The Morgan fingerprint density at radius 2 is 1.81 bits per heavy atom. The minimum atomic E-state index is -0.102. The van der Waals surface area contributed by atoms with Crippen molar-refractivity contribution in [1.29, 1.82) is 0 Å². The molecule has 5 heteroatoms. The van der Waals surface area contributed by atoms with Gasteiger partial charge in [-0.1, -0.05) is 48.5 Å². The van der Waals surface area contributed by atoms with E-state index in [9.17, 15) is 4.79 Å². The van der Waals surface area contributed by atoms with Gasteiger partial charge in [-0.3, -0.25) is 10.1 Å². The van der Waals surface area contributed by atoms with Gasteiger partial charge >= 0.3 is 0 Å². The summed E-state index contributed by atoms with van der Waals surface area (Å²) in [7, 11) is 0. The molecular formula is C21H22N2O2S. The second-order valence-corrected chi connectivity index (χ2v) is 6.70. The summed E-state index contributed by atoms with van der Waals surface area (Å²) in [5, 5.41) is 8.34. The normalized spacial score (nSPS) is 11.7. The summed E-state index contributed by atoms with van der Waals surface area (Å²) in [5.74, 6) is 0.579. The third-order valence-corrected chi connectivity index (χ3v) is 4.83. The van der Waals surface area contributed by atoms with Gasteiger partial charge in [-0.25, -0.2) is 0 Å². The third-order valence-electron chi connectivity index (χ3n) is 3.89. The Labute approximate surface area is 157 Å². The van der Waals surface area contributed by atoms with Crippen molar-refractivity contribution < 1.29 is 9.53 Å². The molecule has 1 atom stereocenters. The third kappa shape index (κ3) is 4.71. The molecule has 1 amide bonds. The second-order valence-electron chi connectivity index (χ2n) is 5.72. The predicted molar refractivity (Wildman–Crippen MR) is 107 cm³/mol. The van der Waals surface area contributed by atoms with Crippen LogP contribution in [0.4, 0.5) is 5.69 Å². The number of ether oxygens (including phenoxy) is 1. The van der Waals surface area contributed by atoms with E-state index >= 15 is 0 Å². The number of para-hydroxylation sites is 2. The molecule has 3 rings (SSSR count). The molecule has 4 nitrogen and oxygen atoms in total. The smallest absolute Gasteiger partial charge is 0.238 e. The van der Waals surface area contributed by atoms with Crippen molar-refractivity contribution in [3.8, 4) is 5.75 Å². The van der Waals surface area contributed by atoms with Crippen LogP contribution >= 0.6 is 11.3 Å². The molecule has 0 saturated heterocycles. The van der Waals surface area contributed by atoms with Crippen molar-refractivity contribution in [2.45, 2.75) is 13.0 Å². The molecule has 1 heterocycles. The fraction of sp³-hybridized carbons (Fsp3) is 0.190. The maximum absolute atomic E-state index is 12.4. The summed E-state index contributed by atoms with van der Waals surface area (Å²) in [6, 6.07) is 21.7. The summed E-state index contributed by atoms with van der Waals surface area (Å²) < 4.78 is 5.56. The summed E-state index contributed by atoms with van der Waals surface area (Å²) in [6.07, 6.45) is 0. The summed E-state index contributed by atoms with van der Waals surface area (Å²) in [6.45, 7) is 2.68. The topological polar surface area (TPSA) is 50.4 Å². The first-order chi connectivity index (χ1) is 12.8. The first-order valence-corrected chi connectivity index (χ1v) is 9.49. The highest BCUT2D eigenvalue weighted by molar-refractivity contribution is 7.10. The first-order valence-electron chi connectivity index (χ1n) is 8.61. The zero-order chi connectivity index (χ0) is 18.2. The fourth-order valence-electron chi connectivity index (χ4n) is 2.72. The van der Waals surface area contributed by atoms with Crippen LogP contribution in [0.15, 0.2) is 72.1 Å². The molecule has 0 fully saturated rings. The lowest BCUT2D eigenvalue weighted by Crippen LogP contribution is -2.31. The number of anilines is 1. The first kappa shape index (κ1) is 18.2. The molecule has 2 aromatic carbocycles. The number of amides is 1. The zero-order valence-electron chi connectivity index (χ0n) is 14.6. The van der Waals surface area contributed by atoms with Crippen LogP contribution in [0.25, 0.3) is 0 Å². The van der Waals surface area contributed by atoms with Gasteiger partial charge in [0.05, 0.1) is 24.9 Å². The van der Waals surface area contributed by atoms with Gasteiger partial charge in [0.2, 0.25) is 5.91 Å². The number of carbonyl (C=O) groups excluding carboxylic acids is 1. The molecule has 3 aromatic rings. The molecule has 0 aliphatic heterocycles. The second kappa shape index (κ2) is 9.17. The van der Waals surface area contributed by atoms with Crippen LogP contribution in [0.1, 0.15) is 23.4 Å². The molecule has 0 spiro atoms. The Kier molecular flexibility index (Phi) is 6.41. The highest BCUT2D eigenvalue weighted by atomic mass is 32.1. The predicted octanol–water partition coefficient (Wildman–Crippen LogP) is 4.46. The fourth-order valence-corrected chi connectivity index (χ4v) is 3.55. The van der Waals surface area contributed by atoms with E-state index in [1.807, 2.05) is 60.8 Å². The Balaban J connectivity index is 1.67. The van der Waals surface area contributed by atoms with E-state index in [0.29, 0.717) is 18.0 Å². The lowest BCUT2D eigenvalue weighted by Gasteiger charge is -2.18. The van der Waals surface area contributed by atoms with Gasteiger partial charge in [-0.05, 0) is 36.1 Å². The quantitative estimate of drug-likeness (QED) is 0.619. The van der Waals surface area contributed by atoms with E-state index in [-0.39, 0.29) is 18.5 Å². The van der Waals surface area contributed by atoms with Gasteiger partial charge < -0.3 is 10.1 Å². The highest BCUT2D eigenvalue weighted by Crippen LogP contribution is 2.26. The van der Waals surface area contributed by atoms with E-state index in [0.717, 1.165) is 5.56 Å². The Morgan fingerprint density at radius 3 is 2.54 bits per heavy atom. The molecule has 2 N–H and O–H groups in total. The van der Waals surface area contributed by atoms with Gasteiger partial charge in [0.1, 0.15) is 5.75 Å². The summed E-state index contributed by atoms with van der Waals surface area (Å²) >= 11 is 1.68. The van der Waals surface area contributed by atoms with E-state index in [2.05, 4.69) is 28.8 Å². The molecule has 0 radical (unpaired) electrons. The van der Waals surface area contributed by atoms with Gasteiger partial charge in [0, 0.05) is 4.88 Å². The van der Waals surface area contributed by atoms with Gasteiger partial charge in [0.15, 0.2) is 0 Å². The van der Waals surface area contributed by atoms with E-state index in [1.54, 1.807) is 11.3 Å². The molecule has 26 heavy (non-hydrogen) atoms. The summed E-state index contributed by atoms with van der Waals surface area (Å²) in [4.78, 5) is 13.6. The number of carbonyl (C=O) groups is 1. The maximum Gasteiger partial charge on any atom is 0.238 e. The molecule has 0 aliphatic rings. The van der Waals surface area contributed by atoms with E-state index in [4.69, 9.17) is 4.74 Å². The Morgan fingerprint density at radius 1 is 1.04 bits per heavy atom. The SMILES string of the molecule is CCOc1ccccc1NC(=O)CN[C@@H](c1ccccc1)c1cccs1. The number of hydrogen-bond acceptors (Lipinski definition) is 4. The monoisotopic (exact) mass is 366 g/mol. The van der Waals surface area contributed by atoms with Crippen molar-refractivity contribution in [2.24, 2.45) is 0 Å². The van der Waals surface area contributed by atoms with Crippen LogP contribution in [-0.2, 0) is 4.79 Å². The minimum absolute atomic E-state index is 0.0101. The molecule has 0 saturated carbocycles. The number of nitrogens with one attached hydrogen (secondary N) is 2. The van der Waals surface area contributed by atoms with Crippen molar-refractivity contribution in [3.05, 3.63) is 82.6 Å². The maximum atomic E-state index is 12.4. The lowest BCUT2D eigenvalue weighted by molar-refractivity contribution is -0.115. The molecule has 1 aromatic heterocycles. The largest absolute Gasteiger partial charge is 0.492 e.